The van der Waals surface area contributed by atoms with Crippen LogP contribution in [0.3, 0.4) is 0 Å². The summed E-state index contributed by atoms with van der Waals surface area (Å²) in [5.41, 5.74) is 32.3. The molecule has 14 rings (SSSR count). The third-order valence-electron chi connectivity index (χ3n) is 18.7. The van der Waals surface area contributed by atoms with Crippen molar-refractivity contribution in [2.75, 3.05) is 9.80 Å². The largest absolute Gasteiger partial charge is 0.310 e. The quantitative estimate of drug-likeness (QED) is 0.119. The predicted molar refractivity (Wildman–Crippen MR) is 384 cm³/mol. The summed E-state index contributed by atoms with van der Waals surface area (Å²) < 4.78 is 0. The summed E-state index contributed by atoms with van der Waals surface area (Å²) in [5, 5.41) is 0. The highest BCUT2D eigenvalue weighted by Gasteiger charge is 2.46. The highest BCUT2D eigenvalue weighted by molar-refractivity contribution is 7.00. The summed E-state index contributed by atoms with van der Waals surface area (Å²) in [6, 6.07) is 104. The van der Waals surface area contributed by atoms with Crippen LogP contribution >= 0.6 is 0 Å². The van der Waals surface area contributed by atoms with Crippen LogP contribution in [0.4, 0.5) is 34.1 Å². The molecule has 2 nitrogen and oxygen atoms in total. The summed E-state index contributed by atoms with van der Waals surface area (Å²) >= 11 is 0. The molecular formula is C86H77BN2. The zero-order chi connectivity index (χ0) is 61.3. The Morgan fingerprint density at radius 1 is 0.281 bits per heavy atom. The fourth-order valence-corrected chi connectivity index (χ4v) is 13.9. The van der Waals surface area contributed by atoms with Gasteiger partial charge in [0.05, 0.1) is 11.4 Å². The summed E-state index contributed by atoms with van der Waals surface area (Å²) in [6.07, 6.45) is 0. The Balaban J connectivity index is 1.22. The van der Waals surface area contributed by atoms with Crippen molar-refractivity contribution in [3.63, 3.8) is 0 Å². The number of anilines is 6. The predicted octanol–water partition coefficient (Wildman–Crippen LogP) is 22.3. The molecule has 0 amide bonds. The van der Waals surface area contributed by atoms with Crippen LogP contribution < -0.4 is 26.2 Å². The minimum atomic E-state index is -0.169. The SMILES string of the molecule is CC(C)c1ccc(-c2cc3c4c(c2)N(c2c(-c5ccccc5)cc(C(C)(C)C)cc2-c2ccccc2)c2cc(-c5ccccc5)ccc2B4c2ccc(-c4ccccc4)cc2N3c2c(-c3ccccc3)cc(C(C)(C)C)cc2-c2ccccc2)c(C(C)C)c1. The van der Waals surface area contributed by atoms with Crippen LogP contribution in [0.15, 0.2) is 273 Å². The molecule has 0 unspecified atom stereocenters. The lowest BCUT2D eigenvalue weighted by Gasteiger charge is -2.46. The molecule has 12 aromatic rings. The van der Waals surface area contributed by atoms with Crippen LogP contribution in [0.1, 0.15) is 103 Å². The Hall–Kier alpha value is -9.70. The van der Waals surface area contributed by atoms with Crippen molar-refractivity contribution >= 4 is 57.2 Å². The van der Waals surface area contributed by atoms with Crippen molar-refractivity contribution in [2.45, 2.75) is 91.9 Å². The first-order valence-corrected chi connectivity index (χ1v) is 32.0. The van der Waals surface area contributed by atoms with Crippen molar-refractivity contribution in [1.82, 2.24) is 0 Å². The topological polar surface area (TPSA) is 6.48 Å². The molecule has 0 aromatic heterocycles. The van der Waals surface area contributed by atoms with Crippen molar-refractivity contribution in [3.05, 3.63) is 295 Å². The van der Waals surface area contributed by atoms with Gasteiger partial charge in [-0.1, -0.05) is 294 Å². The van der Waals surface area contributed by atoms with Crippen LogP contribution in [0.2, 0.25) is 0 Å². The number of hydrogen-bond donors (Lipinski definition) is 0. The van der Waals surface area contributed by atoms with Crippen LogP contribution in [-0.4, -0.2) is 6.71 Å². The van der Waals surface area contributed by atoms with Gasteiger partial charge in [0.15, 0.2) is 0 Å². The van der Waals surface area contributed by atoms with Crippen LogP contribution in [0.5, 0.6) is 0 Å². The Morgan fingerprint density at radius 2 is 0.607 bits per heavy atom. The standard InChI is InChI=1S/C86H77BN2/c1-56(2)64-41-44-70(71(47-64)57(3)4)67-50-80-82-81(51-67)89(84-74(62-37-25-15-26-38-62)54-69(86(8,9)10)55-75(84)63-39-27-16-28-40-63)79-49-66(59-31-19-12-20-32-59)43-46-77(79)87(82)76-45-42-65(58-29-17-11-18-30-58)48-78(76)88(80)83-72(60-33-21-13-22-34-60)52-68(85(5,6)7)53-73(83)61-35-23-14-24-36-61/h11-57H,1-10H3. The first kappa shape index (κ1) is 57.1. The molecule has 2 heterocycles. The lowest BCUT2D eigenvalue weighted by molar-refractivity contribution is 0.590. The molecule has 0 spiro atoms. The molecule has 2 aliphatic rings. The molecule has 0 fully saturated rings. The smallest absolute Gasteiger partial charge is 0.252 e. The first-order chi connectivity index (χ1) is 43.1. The van der Waals surface area contributed by atoms with Gasteiger partial charge in [-0.05, 0) is 165 Å². The van der Waals surface area contributed by atoms with Gasteiger partial charge in [-0.25, -0.2) is 0 Å². The summed E-state index contributed by atoms with van der Waals surface area (Å²) in [6.45, 7) is 23.3. The Labute approximate surface area is 528 Å². The van der Waals surface area contributed by atoms with Crippen molar-refractivity contribution in [1.29, 1.82) is 0 Å². The van der Waals surface area contributed by atoms with E-state index in [4.69, 9.17) is 0 Å². The Morgan fingerprint density at radius 3 is 0.921 bits per heavy atom. The number of hydrogen-bond acceptors (Lipinski definition) is 2. The van der Waals surface area contributed by atoms with Gasteiger partial charge in [-0.15, -0.1) is 0 Å². The first-order valence-electron chi connectivity index (χ1n) is 32.0. The van der Waals surface area contributed by atoms with Crippen LogP contribution in [0.25, 0.3) is 77.9 Å². The van der Waals surface area contributed by atoms with Gasteiger partial charge in [0.25, 0.3) is 6.71 Å². The van der Waals surface area contributed by atoms with E-state index in [2.05, 4.69) is 352 Å². The van der Waals surface area contributed by atoms with Gasteiger partial charge in [0.2, 0.25) is 0 Å². The van der Waals surface area contributed by atoms with Crippen LogP contribution in [0, 0.1) is 0 Å². The minimum Gasteiger partial charge on any atom is -0.310 e. The molecule has 89 heavy (non-hydrogen) atoms. The molecule has 0 N–H and O–H groups in total. The molecule has 434 valence electrons. The summed E-state index contributed by atoms with van der Waals surface area (Å²) in [4.78, 5) is 5.44. The van der Waals surface area contributed by atoms with Gasteiger partial charge in [0, 0.05) is 45.0 Å². The molecule has 0 saturated carbocycles. The maximum absolute atomic E-state index is 2.72. The van der Waals surface area contributed by atoms with E-state index in [0.717, 1.165) is 22.7 Å². The van der Waals surface area contributed by atoms with E-state index in [1.165, 1.54) is 128 Å². The van der Waals surface area contributed by atoms with Crippen molar-refractivity contribution in [3.8, 4) is 77.9 Å². The second kappa shape index (κ2) is 22.8. The van der Waals surface area contributed by atoms with E-state index in [9.17, 15) is 0 Å². The molecule has 0 atom stereocenters. The van der Waals surface area contributed by atoms with E-state index >= 15 is 0 Å². The average molecular weight is 1150 g/mol. The summed E-state index contributed by atoms with van der Waals surface area (Å²) in [7, 11) is 0. The number of benzene rings is 12. The van der Waals surface area contributed by atoms with E-state index in [0.29, 0.717) is 5.92 Å². The molecule has 0 bridgehead atoms. The maximum Gasteiger partial charge on any atom is 0.252 e. The van der Waals surface area contributed by atoms with Crippen molar-refractivity contribution in [2.24, 2.45) is 0 Å². The lowest BCUT2D eigenvalue weighted by Crippen LogP contribution is -2.61. The molecule has 12 aromatic carbocycles. The van der Waals surface area contributed by atoms with E-state index in [1.54, 1.807) is 0 Å². The third-order valence-corrected chi connectivity index (χ3v) is 18.7. The highest BCUT2D eigenvalue weighted by atomic mass is 15.2. The van der Waals surface area contributed by atoms with Gasteiger partial charge in [-0.3, -0.25) is 0 Å². The molecule has 0 aliphatic carbocycles. The lowest BCUT2D eigenvalue weighted by atomic mass is 9.33. The zero-order valence-corrected chi connectivity index (χ0v) is 53.1. The maximum atomic E-state index is 2.72. The normalized spacial score (nSPS) is 12.7. The second-order valence-electron chi connectivity index (χ2n) is 27.3. The monoisotopic (exact) mass is 1150 g/mol. The molecule has 3 heteroatoms. The van der Waals surface area contributed by atoms with Gasteiger partial charge in [-0.2, -0.15) is 0 Å². The molecule has 2 aliphatic heterocycles. The van der Waals surface area contributed by atoms with Crippen LogP contribution in [-0.2, 0) is 10.8 Å². The molecular weight excluding hydrogens is 1070 g/mol. The molecule has 0 radical (unpaired) electrons. The fraction of sp³-hybridized carbons (Fsp3) is 0.163. The minimum absolute atomic E-state index is 0.163. The summed E-state index contributed by atoms with van der Waals surface area (Å²) in [5.74, 6) is 0.620. The number of nitrogens with zero attached hydrogens (tertiary/aromatic N) is 2. The highest BCUT2D eigenvalue weighted by Crippen LogP contribution is 2.56. The number of fused-ring (bicyclic) bond motifs is 4. The second-order valence-corrected chi connectivity index (χ2v) is 27.3. The van der Waals surface area contributed by atoms with Gasteiger partial charge >= 0.3 is 0 Å². The van der Waals surface area contributed by atoms with E-state index in [-0.39, 0.29) is 23.5 Å². The fourth-order valence-electron chi connectivity index (χ4n) is 13.9. The average Bonchev–Trinajstić information content (AvgIpc) is 0.697. The zero-order valence-electron chi connectivity index (χ0n) is 53.1. The third kappa shape index (κ3) is 10.4. The van der Waals surface area contributed by atoms with Gasteiger partial charge < -0.3 is 9.80 Å². The Bertz CT molecular complexity index is 4210. The number of rotatable bonds is 11. The Kier molecular flexibility index (Phi) is 14.6. The van der Waals surface area contributed by atoms with E-state index < -0.39 is 0 Å². The van der Waals surface area contributed by atoms with E-state index in [1.807, 2.05) is 0 Å². The van der Waals surface area contributed by atoms with Gasteiger partial charge in [0.1, 0.15) is 0 Å². The molecule has 0 saturated heterocycles. The van der Waals surface area contributed by atoms with Crippen molar-refractivity contribution < 1.29 is 0 Å².